The van der Waals surface area contributed by atoms with E-state index in [1.165, 1.54) is 12.1 Å². The number of aliphatic hydroxyl groups excluding tert-OH is 1. The average Bonchev–Trinajstić information content (AvgIpc) is 2.73. The molecule has 1 heterocycles. The van der Waals surface area contributed by atoms with E-state index in [4.69, 9.17) is 11.6 Å². The number of hydrogen-bond donors (Lipinski definition) is 2. The van der Waals surface area contributed by atoms with Gasteiger partial charge in [0.05, 0.1) is 11.8 Å². The molecule has 8 heteroatoms. The zero-order valence-electron chi connectivity index (χ0n) is 12.8. The third-order valence-electron chi connectivity index (χ3n) is 3.38. The summed E-state index contributed by atoms with van der Waals surface area (Å²) in [5, 5.41) is 18.0. The molecule has 0 radical (unpaired) electrons. The molecule has 126 valence electrons. The van der Waals surface area contributed by atoms with Crippen molar-refractivity contribution in [3.05, 3.63) is 46.2 Å². The van der Waals surface area contributed by atoms with E-state index >= 15 is 0 Å². The first-order chi connectivity index (χ1) is 10.9. The largest absolute Gasteiger partial charge is 0.435 e. The van der Waals surface area contributed by atoms with Crippen LogP contribution in [0.3, 0.4) is 0 Å². The molecule has 0 saturated carbocycles. The maximum absolute atomic E-state index is 12.2. The SMILES string of the molecule is Cc1nn(C)c(Cl)c1CNCC(O)c1cccc(OC(F)F)c1. The molecule has 5 nitrogen and oxygen atoms in total. The molecule has 1 unspecified atom stereocenters. The zero-order valence-corrected chi connectivity index (χ0v) is 13.5. The lowest BCUT2D eigenvalue weighted by atomic mass is 10.1. The van der Waals surface area contributed by atoms with Crippen LogP contribution in [0.25, 0.3) is 0 Å². The Balaban J connectivity index is 1.93. The van der Waals surface area contributed by atoms with E-state index < -0.39 is 12.7 Å². The molecule has 0 amide bonds. The minimum absolute atomic E-state index is 0.0164. The number of alkyl halides is 2. The number of aliphatic hydroxyl groups is 1. The topological polar surface area (TPSA) is 59.3 Å². The molecule has 0 bridgehead atoms. The Labute approximate surface area is 137 Å². The van der Waals surface area contributed by atoms with E-state index in [0.717, 1.165) is 11.3 Å². The van der Waals surface area contributed by atoms with Gasteiger partial charge < -0.3 is 15.2 Å². The fourth-order valence-corrected chi connectivity index (χ4v) is 2.47. The minimum Gasteiger partial charge on any atom is -0.435 e. The second-order valence-corrected chi connectivity index (χ2v) is 5.43. The maximum Gasteiger partial charge on any atom is 0.387 e. The first-order valence-electron chi connectivity index (χ1n) is 7.00. The highest BCUT2D eigenvalue weighted by atomic mass is 35.5. The molecule has 0 spiro atoms. The van der Waals surface area contributed by atoms with Crippen LogP contribution in [-0.2, 0) is 13.6 Å². The summed E-state index contributed by atoms with van der Waals surface area (Å²) in [5.41, 5.74) is 2.16. The molecule has 0 fully saturated rings. The van der Waals surface area contributed by atoms with Gasteiger partial charge in [0.1, 0.15) is 10.9 Å². The normalized spacial score (nSPS) is 12.7. The quantitative estimate of drug-likeness (QED) is 0.810. The lowest BCUT2D eigenvalue weighted by molar-refractivity contribution is -0.0499. The number of nitrogens with zero attached hydrogens (tertiary/aromatic N) is 2. The number of ether oxygens (including phenoxy) is 1. The summed E-state index contributed by atoms with van der Waals surface area (Å²) in [6, 6.07) is 6.00. The van der Waals surface area contributed by atoms with Crippen molar-refractivity contribution in [2.75, 3.05) is 6.54 Å². The van der Waals surface area contributed by atoms with Crippen LogP contribution in [0, 0.1) is 6.92 Å². The van der Waals surface area contributed by atoms with Crippen molar-refractivity contribution in [3.8, 4) is 5.75 Å². The van der Waals surface area contributed by atoms with Gasteiger partial charge in [-0.1, -0.05) is 23.7 Å². The van der Waals surface area contributed by atoms with Gasteiger partial charge in [-0.15, -0.1) is 0 Å². The van der Waals surface area contributed by atoms with Gasteiger partial charge in [-0.3, -0.25) is 4.68 Å². The lowest BCUT2D eigenvalue weighted by Gasteiger charge is -2.13. The molecule has 2 rings (SSSR count). The fraction of sp³-hybridized carbons (Fsp3) is 0.400. The number of nitrogens with one attached hydrogen (secondary N) is 1. The number of rotatable bonds is 7. The predicted molar refractivity (Wildman–Crippen MR) is 82.7 cm³/mol. The number of aromatic nitrogens is 2. The second kappa shape index (κ2) is 7.72. The number of hydrogen-bond acceptors (Lipinski definition) is 4. The first-order valence-corrected chi connectivity index (χ1v) is 7.37. The summed E-state index contributed by atoms with van der Waals surface area (Å²) in [7, 11) is 1.75. The van der Waals surface area contributed by atoms with E-state index in [2.05, 4.69) is 15.2 Å². The molecular formula is C15H18ClF2N3O2. The van der Waals surface area contributed by atoms with Crippen molar-refractivity contribution >= 4 is 11.6 Å². The highest BCUT2D eigenvalue weighted by Crippen LogP contribution is 2.21. The van der Waals surface area contributed by atoms with Crippen molar-refractivity contribution in [1.29, 1.82) is 0 Å². The van der Waals surface area contributed by atoms with Gasteiger partial charge in [0.2, 0.25) is 0 Å². The highest BCUT2D eigenvalue weighted by molar-refractivity contribution is 6.30. The van der Waals surface area contributed by atoms with E-state index in [-0.39, 0.29) is 12.3 Å². The molecule has 23 heavy (non-hydrogen) atoms. The van der Waals surface area contributed by atoms with Crippen molar-refractivity contribution < 1.29 is 18.6 Å². The van der Waals surface area contributed by atoms with Crippen molar-refractivity contribution in [2.24, 2.45) is 7.05 Å². The van der Waals surface area contributed by atoms with Gasteiger partial charge in [0.25, 0.3) is 0 Å². The van der Waals surface area contributed by atoms with Crippen LogP contribution in [0.1, 0.15) is 22.9 Å². The third-order valence-corrected chi connectivity index (χ3v) is 3.85. The van der Waals surface area contributed by atoms with E-state index in [1.54, 1.807) is 23.9 Å². The van der Waals surface area contributed by atoms with Gasteiger partial charge in [-0.25, -0.2) is 0 Å². The first kappa shape index (κ1) is 17.7. The summed E-state index contributed by atoms with van der Waals surface area (Å²) in [4.78, 5) is 0. The Kier molecular flexibility index (Phi) is 5.92. The van der Waals surface area contributed by atoms with Crippen LogP contribution in [-0.4, -0.2) is 28.0 Å². The summed E-state index contributed by atoms with van der Waals surface area (Å²) in [5.74, 6) is 0.0164. The summed E-state index contributed by atoms with van der Waals surface area (Å²) in [6.45, 7) is -0.355. The lowest BCUT2D eigenvalue weighted by Crippen LogP contribution is -2.21. The van der Waals surface area contributed by atoms with Crippen molar-refractivity contribution in [2.45, 2.75) is 26.2 Å². The fourth-order valence-electron chi connectivity index (χ4n) is 2.22. The van der Waals surface area contributed by atoms with Gasteiger partial charge >= 0.3 is 6.61 Å². The number of halogens is 3. The maximum atomic E-state index is 12.2. The molecule has 0 aliphatic rings. The van der Waals surface area contributed by atoms with Crippen LogP contribution in [0.5, 0.6) is 5.75 Å². The van der Waals surface area contributed by atoms with Gasteiger partial charge in [-0.2, -0.15) is 13.9 Å². The van der Waals surface area contributed by atoms with Crippen LogP contribution in [0.15, 0.2) is 24.3 Å². The third kappa shape index (κ3) is 4.63. The van der Waals surface area contributed by atoms with E-state index in [9.17, 15) is 13.9 Å². The van der Waals surface area contributed by atoms with Crippen LogP contribution in [0.4, 0.5) is 8.78 Å². The van der Waals surface area contributed by atoms with Crippen LogP contribution in [0.2, 0.25) is 5.15 Å². The molecule has 2 N–H and O–H groups in total. The van der Waals surface area contributed by atoms with Gasteiger partial charge in [-0.05, 0) is 24.6 Å². The van der Waals surface area contributed by atoms with Crippen molar-refractivity contribution in [3.63, 3.8) is 0 Å². The second-order valence-electron chi connectivity index (χ2n) is 5.08. The smallest absolute Gasteiger partial charge is 0.387 e. The Bertz CT molecular complexity index is 664. The van der Waals surface area contributed by atoms with Crippen LogP contribution < -0.4 is 10.1 Å². The Morgan fingerprint density at radius 1 is 1.43 bits per heavy atom. The van der Waals surface area contributed by atoms with E-state index in [0.29, 0.717) is 17.3 Å². The minimum atomic E-state index is -2.89. The summed E-state index contributed by atoms with van der Waals surface area (Å²) < 4.78 is 30.3. The molecule has 1 aromatic heterocycles. The molecular weight excluding hydrogens is 328 g/mol. The monoisotopic (exact) mass is 345 g/mol. The Morgan fingerprint density at radius 3 is 2.78 bits per heavy atom. The zero-order chi connectivity index (χ0) is 17.0. The molecule has 2 aromatic rings. The average molecular weight is 346 g/mol. The Morgan fingerprint density at radius 2 is 2.17 bits per heavy atom. The van der Waals surface area contributed by atoms with E-state index in [1.807, 2.05) is 6.92 Å². The van der Waals surface area contributed by atoms with Crippen molar-refractivity contribution in [1.82, 2.24) is 15.1 Å². The summed E-state index contributed by atoms with van der Waals surface area (Å²) >= 11 is 6.13. The molecule has 0 aliphatic carbocycles. The highest BCUT2D eigenvalue weighted by Gasteiger charge is 2.13. The molecule has 0 saturated heterocycles. The predicted octanol–water partition coefficient (Wildman–Crippen LogP) is 2.81. The molecule has 1 atom stereocenters. The Hall–Kier alpha value is -1.70. The molecule has 0 aliphatic heterocycles. The standard InChI is InChI=1S/C15H18ClF2N3O2/c1-9-12(14(16)21(2)20-9)7-19-8-13(22)10-4-3-5-11(6-10)23-15(17)18/h3-6,13,15,19,22H,7-8H2,1-2H3. The molecule has 1 aromatic carbocycles. The number of aryl methyl sites for hydroxylation is 2. The summed E-state index contributed by atoms with van der Waals surface area (Å²) in [6.07, 6.45) is -0.855. The van der Waals surface area contributed by atoms with Crippen LogP contribution >= 0.6 is 11.6 Å². The number of benzene rings is 1. The van der Waals surface area contributed by atoms with Gasteiger partial charge in [0.15, 0.2) is 0 Å². The van der Waals surface area contributed by atoms with Gasteiger partial charge in [0, 0.05) is 25.7 Å².